The summed E-state index contributed by atoms with van der Waals surface area (Å²) in [6.07, 6.45) is 0. The molecule has 0 aliphatic rings. The molecule has 4 heteroatoms. The van der Waals surface area contributed by atoms with Crippen molar-refractivity contribution < 1.29 is 0 Å². The molecular formula is C22H19N3S. The normalized spacial score (nSPS) is 10.8. The van der Waals surface area contributed by atoms with Gasteiger partial charge in [0.05, 0.1) is 5.52 Å². The third-order valence-electron chi connectivity index (χ3n) is 4.17. The molecule has 0 saturated heterocycles. The molecule has 4 rings (SSSR count). The largest absolute Gasteiger partial charge is 0.378 e. The Hall–Kier alpha value is -2.85. The van der Waals surface area contributed by atoms with Crippen LogP contribution >= 0.6 is 11.8 Å². The van der Waals surface area contributed by atoms with E-state index in [4.69, 9.17) is 9.97 Å². The van der Waals surface area contributed by atoms with Crippen molar-refractivity contribution in [1.82, 2.24) is 9.97 Å². The summed E-state index contributed by atoms with van der Waals surface area (Å²) in [5, 5.41) is 2.06. The topological polar surface area (TPSA) is 29.0 Å². The molecular weight excluding hydrogens is 338 g/mol. The second kappa shape index (κ2) is 7.18. The lowest BCUT2D eigenvalue weighted by molar-refractivity contribution is 1.10. The van der Waals surface area contributed by atoms with E-state index in [1.54, 1.807) is 11.8 Å². The Labute approximate surface area is 157 Å². The van der Waals surface area contributed by atoms with Crippen LogP contribution in [0.15, 0.2) is 88.8 Å². The number of benzene rings is 3. The maximum absolute atomic E-state index is 4.88. The third kappa shape index (κ3) is 3.41. The van der Waals surface area contributed by atoms with Crippen molar-refractivity contribution in [2.24, 2.45) is 0 Å². The van der Waals surface area contributed by atoms with Crippen LogP contribution in [0.25, 0.3) is 22.3 Å². The monoisotopic (exact) mass is 357 g/mol. The summed E-state index contributed by atoms with van der Waals surface area (Å²) >= 11 is 1.67. The zero-order valence-electron chi connectivity index (χ0n) is 14.8. The zero-order chi connectivity index (χ0) is 17.9. The van der Waals surface area contributed by atoms with E-state index in [1.165, 1.54) is 4.90 Å². The molecule has 26 heavy (non-hydrogen) atoms. The van der Waals surface area contributed by atoms with Gasteiger partial charge in [-0.15, -0.1) is 0 Å². The highest BCUT2D eigenvalue weighted by Gasteiger charge is 2.11. The summed E-state index contributed by atoms with van der Waals surface area (Å²) in [5.74, 6) is 0.757. The van der Waals surface area contributed by atoms with Crippen LogP contribution in [0.5, 0.6) is 0 Å². The van der Waals surface area contributed by atoms with Crippen LogP contribution in [0.3, 0.4) is 0 Å². The van der Waals surface area contributed by atoms with E-state index in [0.717, 1.165) is 33.0 Å². The number of hydrogen-bond acceptors (Lipinski definition) is 4. The lowest BCUT2D eigenvalue weighted by Gasteiger charge is -2.13. The van der Waals surface area contributed by atoms with Crippen molar-refractivity contribution in [2.45, 2.75) is 9.92 Å². The molecule has 0 aliphatic carbocycles. The van der Waals surface area contributed by atoms with E-state index in [0.29, 0.717) is 0 Å². The Morgan fingerprint density at radius 3 is 2.15 bits per heavy atom. The van der Waals surface area contributed by atoms with Crippen LogP contribution in [0.1, 0.15) is 0 Å². The Kier molecular flexibility index (Phi) is 4.59. The highest BCUT2D eigenvalue weighted by molar-refractivity contribution is 7.99. The average Bonchev–Trinajstić information content (AvgIpc) is 2.69. The number of hydrogen-bond donors (Lipinski definition) is 0. The Bertz CT molecular complexity index is 1030. The van der Waals surface area contributed by atoms with Crippen LogP contribution in [-0.4, -0.2) is 24.1 Å². The van der Waals surface area contributed by atoms with Crippen molar-refractivity contribution in [3.05, 3.63) is 78.9 Å². The zero-order valence-corrected chi connectivity index (χ0v) is 15.6. The van der Waals surface area contributed by atoms with Gasteiger partial charge in [-0.3, -0.25) is 0 Å². The molecule has 1 heterocycles. The SMILES string of the molecule is CN(C)c1ccc(-c2nc(Sc3ccccc3)c3ccccc3n2)cc1. The Morgan fingerprint density at radius 2 is 1.42 bits per heavy atom. The number of fused-ring (bicyclic) bond motifs is 1. The van der Waals surface area contributed by atoms with Crippen molar-refractivity contribution in [1.29, 1.82) is 0 Å². The van der Waals surface area contributed by atoms with E-state index in [1.807, 2.05) is 50.5 Å². The molecule has 0 unspecified atom stereocenters. The smallest absolute Gasteiger partial charge is 0.161 e. The molecule has 0 N–H and O–H groups in total. The summed E-state index contributed by atoms with van der Waals surface area (Å²) in [6, 6.07) is 26.9. The third-order valence-corrected chi connectivity index (χ3v) is 5.18. The first-order valence-corrected chi connectivity index (χ1v) is 9.30. The standard InChI is InChI=1S/C22H19N3S/c1-25(2)17-14-12-16(13-15-17)21-23-20-11-7-6-10-19(20)22(24-21)26-18-8-4-3-5-9-18/h3-15H,1-2H3. The molecule has 0 amide bonds. The molecule has 0 radical (unpaired) electrons. The van der Waals surface area contributed by atoms with Gasteiger partial charge in [0.15, 0.2) is 5.82 Å². The van der Waals surface area contributed by atoms with Crippen LogP contribution < -0.4 is 4.90 Å². The number of nitrogens with zero attached hydrogens (tertiary/aromatic N) is 3. The van der Waals surface area contributed by atoms with Gasteiger partial charge in [0.2, 0.25) is 0 Å². The number of aromatic nitrogens is 2. The highest BCUT2D eigenvalue weighted by atomic mass is 32.2. The fraction of sp³-hybridized carbons (Fsp3) is 0.0909. The van der Waals surface area contributed by atoms with Gasteiger partial charge >= 0.3 is 0 Å². The van der Waals surface area contributed by atoms with Crippen molar-refractivity contribution in [3.63, 3.8) is 0 Å². The van der Waals surface area contributed by atoms with Crippen molar-refractivity contribution in [2.75, 3.05) is 19.0 Å². The van der Waals surface area contributed by atoms with Crippen LogP contribution in [0.4, 0.5) is 5.69 Å². The number of anilines is 1. The predicted octanol–water partition coefficient (Wildman–Crippen LogP) is 5.51. The number of para-hydroxylation sites is 1. The van der Waals surface area contributed by atoms with Crippen molar-refractivity contribution >= 4 is 28.4 Å². The first-order valence-electron chi connectivity index (χ1n) is 8.48. The van der Waals surface area contributed by atoms with Gasteiger partial charge in [0, 0.05) is 35.6 Å². The quantitative estimate of drug-likeness (QED) is 0.450. The van der Waals surface area contributed by atoms with Gasteiger partial charge < -0.3 is 4.90 Å². The van der Waals surface area contributed by atoms with Crippen LogP contribution in [0, 0.1) is 0 Å². The Morgan fingerprint density at radius 1 is 0.731 bits per heavy atom. The van der Waals surface area contributed by atoms with Gasteiger partial charge in [-0.05, 0) is 42.5 Å². The van der Waals surface area contributed by atoms with E-state index >= 15 is 0 Å². The van der Waals surface area contributed by atoms with Gasteiger partial charge in [0.25, 0.3) is 0 Å². The summed E-state index contributed by atoms with van der Waals surface area (Å²) in [6.45, 7) is 0. The second-order valence-electron chi connectivity index (χ2n) is 6.23. The fourth-order valence-corrected chi connectivity index (χ4v) is 3.69. The Balaban J connectivity index is 1.80. The van der Waals surface area contributed by atoms with E-state index in [9.17, 15) is 0 Å². The summed E-state index contributed by atoms with van der Waals surface area (Å²) < 4.78 is 0. The van der Waals surface area contributed by atoms with Gasteiger partial charge in [-0.1, -0.05) is 48.2 Å². The molecule has 0 bridgehead atoms. The first kappa shape index (κ1) is 16.6. The van der Waals surface area contributed by atoms with E-state index < -0.39 is 0 Å². The van der Waals surface area contributed by atoms with E-state index in [-0.39, 0.29) is 0 Å². The summed E-state index contributed by atoms with van der Waals surface area (Å²) in [4.78, 5) is 12.9. The fourth-order valence-electron chi connectivity index (χ4n) is 2.76. The minimum atomic E-state index is 0.757. The highest BCUT2D eigenvalue weighted by Crippen LogP contribution is 2.33. The maximum atomic E-state index is 4.88. The first-order chi connectivity index (χ1) is 12.7. The van der Waals surface area contributed by atoms with Gasteiger partial charge in [-0.25, -0.2) is 9.97 Å². The molecule has 0 saturated carbocycles. The minimum absolute atomic E-state index is 0.757. The molecule has 4 aromatic rings. The van der Waals surface area contributed by atoms with Crippen LogP contribution in [-0.2, 0) is 0 Å². The lowest BCUT2D eigenvalue weighted by atomic mass is 10.1. The molecule has 0 atom stereocenters. The van der Waals surface area contributed by atoms with E-state index in [2.05, 4.69) is 47.4 Å². The number of rotatable bonds is 4. The molecule has 0 spiro atoms. The molecule has 3 nitrogen and oxygen atoms in total. The molecule has 128 valence electrons. The molecule has 3 aromatic carbocycles. The summed E-state index contributed by atoms with van der Waals surface area (Å²) in [5.41, 5.74) is 3.15. The predicted molar refractivity (Wildman–Crippen MR) is 110 cm³/mol. The maximum Gasteiger partial charge on any atom is 0.161 e. The van der Waals surface area contributed by atoms with Gasteiger partial charge in [-0.2, -0.15) is 0 Å². The van der Waals surface area contributed by atoms with Gasteiger partial charge in [0.1, 0.15) is 5.03 Å². The molecule has 1 aromatic heterocycles. The average molecular weight is 357 g/mol. The minimum Gasteiger partial charge on any atom is -0.378 e. The molecule has 0 aliphatic heterocycles. The summed E-state index contributed by atoms with van der Waals surface area (Å²) in [7, 11) is 4.08. The lowest BCUT2D eigenvalue weighted by Crippen LogP contribution is -2.08. The second-order valence-corrected chi connectivity index (χ2v) is 7.29. The molecule has 0 fully saturated rings. The van der Waals surface area contributed by atoms with Crippen molar-refractivity contribution in [3.8, 4) is 11.4 Å². The van der Waals surface area contributed by atoms with Crippen LogP contribution in [0.2, 0.25) is 0 Å².